The van der Waals surface area contributed by atoms with Crippen LogP contribution in [0.5, 0.6) is 0 Å². The Morgan fingerprint density at radius 2 is 2.16 bits per heavy atom. The van der Waals surface area contributed by atoms with Gasteiger partial charge >= 0.3 is 6.03 Å². The first-order chi connectivity index (χ1) is 11.9. The van der Waals surface area contributed by atoms with Crippen LogP contribution in [-0.2, 0) is 4.79 Å². The molecule has 0 unspecified atom stereocenters. The van der Waals surface area contributed by atoms with Crippen molar-refractivity contribution >= 4 is 34.6 Å². The van der Waals surface area contributed by atoms with Gasteiger partial charge in [0, 0.05) is 29.7 Å². The minimum atomic E-state index is -0.291. The Kier molecular flexibility index (Phi) is 5.03. The summed E-state index contributed by atoms with van der Waals surface area (Å²) in [5, 5.41) is 8.65. The van der Waals surface area contributed by atoms with Crippen molar-refractivity contribution in [3.63, 3.8) is 0 Å². The third-order valence-corrected chi connectivity index (χ3v) is 5.05. The highest BCUT2D eigenvalue weighted by atomic mass is 32.1. The van der Waals surface area contributed by atoms with Crippen molar-refractivity contribution in [3.8, 4) is 0 Å². The number of nitrogens with one attached hydrogen (secondary N) is 2. The Hall–Kier alpha value is -2.41. The molecule has 25 heavy (non-hydrogen) atoms. The van der Waals surface area contributed by atoms with Gasteiger partial charge in [0.05, 0.1) is 16.7 Å². The number of benzene rings is 1. The maximum atomic E-state index is 12.3. The molecule has 1 saturated heterocycles. The van der Waals surface area contributed by atoms with Crippen LogP contribution in [0.2, 0.25) is 0 Å². The average molecular weight is 358 g/mol. The lowest BCUT2D eigenvalue weighted by atomic mass is 10.1. The van der Waals surface area contributed by atoms with Gasteiger partial charge in [-0.3, -0.25) is 4.79 Å². The number of hydrogen-bond donors (Lipinski definition) is 2. The number of hydrogen-bond acceptors (Lipinski definition) is 4. The molecule has 2 heterocycles. The van der Waals surface area contributed by atoms with E-state index in [0.29, 0.717) is 12.1 Å². The summed E-state index contributed by atoms with van der Waals surface area (Å²) < 4.78 is 0. The highest BCUT2D eigenvalue weighted by Gasteiger charge is 2.23. The van der Waals surface area contributed by atoms with Crippen LogP contribution >= 0.6 is 11.3 Å². The third kappa shape index (κ3) is 3.99. The summed E-state index contributed by atoms with van der Waals surface area (Å²) in [7, 11) is 0. The van der Waals surface area contributed by atoms with Crippen LogP contribution in [0, 0.1) is 13.8 Å². The number of aryl methyl sites for hydroxylation is 2. The van der Waals surface area contributed by atoms with Crippen molar-refractivity contribution in [1.29, 1.82) is 0 Å². The van der Waals surface area contributed by atoms with E-state index in [0.717, 1.165) is 34.9 Å². The third-order valence-electron chi connectivity index (χ3n) is 4.26. The lowest BCUT2D eigenvalue weighted by Crippen LogP contribution is -2.31. The number of carbonyl (C=O) groups is 2. The van der Waals surface area contributed by atoms with Gasteiger partial charge in [-0.15, -0.1) is 11.3 Å². The molecule has 2 aromatic rings. The van der Waals surface area contributed by atoms with Gasteiger partial charge in [0.2, 0.25) is 5.91 Å². The van der Waals surface area contributed by atoms with E-state index in [1.807, 2.05) is 44.4 Å². The summed E-state index contributed by atoms with van der Waals surface area (Å²) >= 11 is 1.56. The fourth-order valence-corrected chi connectivity index (χ4v) is 3.60. The van der Waals surface area contributed by atoms with E-state index in [4.69, 9.17) is 0 Å². The Balaban J connectivity index is 1.68. The minimum Gasteiger partial charge on any atom is -0.330 e. The van der Waals surface area contributed by atoms with E-state index in [-0.39, 0.29) is 18.0 Å². The first-order valence-corrected chi connectivity index (χ1v) is 9.22. The zero-order chi connectivity index (χ0) is 18.0. The van der Waals surface area contributed by atoms with Gasteiger partial charge in [-0.05, 0) is 44.9 Å². The predicted octanol–water partition coefficient (Wildman–Crippen LogP) is 3.77. The van der Waals surface area contributed by atoms with E-state index >= 15 is 0 Å². The molecule has 1 aromatic carbocycles. The quantitative estimate of drug-likeness (QED) is 0.874. The molecule has 0 bridgehead atoms. The topological polar surface area (TPSA) is 74.3 Å². The molecule has 0 radical (unpaired) electrons. The van der Waals surface area contributed by atoms with Crippen molar-refractivity contribution in [3.05, 3.63) is 39.8 Å². The lowest BCUT2D eigenvalue weighted by Gasteiger charge is -2.20. The second kappa shape index (κ2) is 7.23. The summed E-state index contributed by atoms with van der Waals surface area (Å²) in [5.41, 5.74) is 3.40. The van der Waals surface area contributed by atoms with Crippen LogP contribution in [0.1, 0.15) is 42.1 Å². The zero-order valence-electron chi connectivity index (χ0n) is 14.6. The van der Waals surface area contributed by atoms with Gasteiger partial charge in [-0.25, -0.2) is 9.78 Å². The molecular formula is C18H22N4O2S. The maximum Gasteiger partial charge on any atom is 0.319 e. The van der Waals surface area contributed by atoms with Crippen LogP contribution in [0.3, 0.4) is 0 Å². The van der Waals surface area contributed by atoms with Crippen molar-refractivity contribution < 1.29 is 9.59 Å². The first kappa shape index (κ1) is 17.4. The molecular weight excluding hydrogens is 336 g/mol. The van der Waals surface area contributed by atoms with Gasteiger partial charge in [-0.1, -0.05) is 6.07 Å². The highest BCUT2D eigenvalue weighted by molar-refractivity contribution is 7.09. The average Bonchev–Trinajstić information content (AvgIpc) is 3.17. The highest BCUT2D eigenvalue weighted by Crippen LogP contribution is 2.28. The normalized spacial score (nSPS) is 15.3. The molecule has 1 fully saturated rings. The Morgan fingerprint density at radius 3 is 2.80 bits per heavy atom. The Labute approximate surface area is 151 Å². The Bertz CT molecular complexity index is 802. The van der Waals surface area contributed by atoms with E-state index in [9.17, 15) is 9.59 Å². The molecule has 3 rings (SSSR count). The lowest BCUT2D eigenvalue weighted by molar-refractivity contribution is -0.117. The molecule has 1 aliphatic rings. The van der Waals surface area contributed by atoms with E-state index in [1.165, 1.54) is 0 Å². The second-order valence-corrected chi connectivity index (χ2v) is 7.32. The summed E-state index contributed by atoms with van der Waals surface area (Å²) in [5.74, 6) is 0.136. The number of urea groups is 1. The largest absolute Gasteiger partial charge is 0.330 e. The predicted molar refractivity (Wildman–Crippen MR) is 100 cm³/mol. The fraction of sp³-hybridized carbons (Fsp3) is 0.389. The molecule has 7 heteroatoms. The van der Waals surface area contributed by atoms with Crippen molar-refractivity contribution in [2.24, 2.45) is 0 Å². The molecule has 3 amide bonds. The number of rotatable bonds is 4. The van der Waals surface area contributed by atoms with Crippen molar-refractivity contribution in [2.75, 3.05) is 16.8 Å². The first-order valence-electron chi connectivity index (χ1n) is 8.34. The van der Waals surface area contributed by atoms with E-state index < -0.39 is 0 Å². The fourth-order valence-electron chi connectivity index (χ4n) is 2.90. The number of carbonyl (C=O) groups excluding carboxylic acids is 2. The molecule has 6 nitrogen and oxygen atoms in total. The monoisotopic (exact) mass is 358 g/mol. The number of amides is 3. The zero-order valence-corrected chi connectivity index (χ0v) is 15.4. The van der Waals surface area contributed by atoms with Crippen LogP contribution in [0.25, 0.3) is 0 Å². The van der Waals surface area contributed by atoms with E-state index in [2.05, 4.69) is 15.6 Å². The van der Waals surface area contributed by atoms with Crippen molar-refractivity contribution in [2.45, 2.75) is 39.7 Å². The number of aromatic nitrogens is 1. The van der Waals surface area contributed by atoms with Crippen LogP contribution in [-0.4, -0.2) is 23.5 Å². The van der Waals surface area contributed by atoms with E-state index in [1.54, 1.807) is 16.2 Å². The standard InChI is InChI=1S/C18H22N4O2S/c1-11-6-7-14(9-16(11)22-8-4-5-17(22)23)21-18(24)19-12(2)15-10-25-13(3)20-15/h6-7,9-10,12H,4-5,8H2,1-3H3,(H2,19,21,24)/t12-/m0/s1. The van der Waals surface area contributed by atoms with Gasteiger partial charge in [0.15, 0.2) is 0 Å². The van der Waals surface area contributed by atoms with Crippen LogP contribution in [0.4, 0.5) is 16.2 Å². The van der Waals surface area contributed by atoms with Gasteiger partial charge in [-0.2, -0.15) is 0 Å². The number of thiazole rings is 1. The second-order valence-electron chi connectivity index (χ2n) is 6.26. The van der Waals surface area contributed by atoms with Crippen molar-refractivity contribution in [1.82, 2.24) is 10.3 Å². The molecule has 0 saturated carbocycles. The molecule has 1 atom stereocenters. The van der Waals surface area contributed by atoms with Crippen LogP contribution in [0.15, 0.2) is 23.6 Å². The smallest absolute Gasteiger partial charge is 0.319 e. The maximum absolute atomic E-state index is 12.3. The SMILES string of the molecule is Cc1nc([C@H](C)NC(=O)Nc2ccc(C)c(N3CCCC3=O)c2)cs1. The summed E-state index contributed by atoms with van der Waals surface area (Å²) in [6.07, 6.45) is 1.46. The van der Waals surface area contributed by atoms with Gasteiger partial charge in [0.25, 0.3) is 0 Å². The molecule has 0 aliphatic carbocycles. The number of nitrogens with zero attached hydrogens (tertiary/aromatic N) is 2. The molecule has 0 spiro atoms. The Morgan fingerprint density at radius 1 is 1.36 bits per heavy atom. The van der Waals surface area contributed by atoms with Gasteiger partial charge in [0.1, 0.15) is 0 Å². The molecule has 2 N–H and O–H groups in total. The molecule has 132 valence electrons. The summed E-state index contributed by atoms with van der Waals surface area (Å²) in [4.78, 5) is 30.4. The summed E-state index contributed by atoms with van der Waals surface area (Å²) in [6.45, 7) is 6.54. The van der Waals surface area contributed by atoms with Crippen LogP contribution < -0.4 is 15.5 Å². The molecule has 1 aromatic heterocycles. The molecule has 1 aliphatic heterocycles. The summed E-state index contributed by atoms with van der Waals surface area (Å²) in [6, 6.07) is 5.16. The minimum absolute atomic E-state index is 0.136. The van der Waals surface area contributed by atoms with Gasteiger partial charge < -0.3 is 15.5 Å². The number of anilines is 2.